The van der Waals surface area contributed by atoms with Gasteiger partial charge in [0.15, 0.2) is 11.5 Å². The lowest BCUT2D eigenvalue weighted by atomic mass is 10.1. The van der Waals surface area contributed by atoms with Gasteiger partial charge in [0.1, 0.15) is 5.75 Å². The highest BCUT2D eigenvalue weighted by atomic mass is 32.2. The summed E-state index contributed by atoms with van der Waals surface area (Å²) in [5.41, 5.74) is 1.53. The molecule has 0 spiro atoms. The fourth-order valence-corrected chi connectivity index (χ4v) is 3.98. The Balaban J connectivity index is 2.02. The molecule has 152 valence electrons. The molecule has 0 bridgehead atoms. The molecule has 0 unspecified atom stereocenters. The number of nitrogens with zero attached hydrogens (tertiary/aromatic N) is 1. The molecule has 0 aliphatic carbocycles. The fraction of sp³-hybridized carbons (Fsp3) is 0.273. The fourth-order valence-electron chi connectivity index (χ4n) is 3.13. The maximum atomic E-state index is 13.3. The van der Waals surface area contributed by atoms with Crippen molar-refractivity contribution in [2.45, 2.75) is 13.8 Å². The van der Waals surface area contributed by atoms with Crippen molar-refractivity contribution in [3.05, 3.63) is 52.9 Å². The summed E-state index contributed by atoms with van der Waals surface area (Å²) in [5.74, 6) is 1.67. The van der Waals surface area contributed by atoms with Crippen molar-refractivity contribution in [1.82, 2.24) is 0 Å². The average Bonchev–Trinajstić information content (AvgIpc) is 2.98. The van der Waals surface area contributed by atoms with Gasteiger partial charge in [0.2, 0.25) is 0 Å². The second-order valence-corrected chi connectivity index (χ2v) is 7.35. The molecule has 0 saturated carbocycles. The molecular weight excluding hydrogens is 390 g/mol. The van der Waals surface area contributed by atoms with Crippen LogP contribution < -0.4 is 19.1 Å². The van der Waals surface area contributed by atoms with Crippen LogP contribution in [0.3, 0.4) is 0 Å². The quantitative estimate of drug-likeness (QED) is 0.606. The van der Waals surface area contributed by atoms with Gasteiger partial charge in [-0.25, -0.2) is 4.90 Å². The minimum atomic E-state index is -0.359. The molecule has 2 aromatic rings. The zero-order chi connectivity index (χ0) is 21.0. The molecule has 0 saturated heterocycles. The highest BCUT2D eigenvalue weighted by Crippen LogP contribution is 2.40. The third-order valence-electron chi connectivity index (χ3n) is 4.41. The molecule has 6 nitrogen and oxygen atoms in total. The van der Waals surface area contributed by atoms with E-state index in [1.54, 1.807) is 42.5 Å². The zero-order valence-electron chi connectivity index (χ0n) is 16.9. The summed E-state index contributed by atoms with van der Waals surface area (Å²) in [4.78, 5) is 28.1. The number of carbonyl (C=O) groups excluding carboxylic acids is 2. The van der Waals surface area contributed by atoms with Crippen molar-refractivity contribution in [2.24, 2.45) is 0 Å². The number of amides is 2. The first-order valence-corrected chi connectivity index (χ1v) is 10.2. The number of thioether (sulfide) groups is 1. The van der Waals surface area contributed by atoms with Crippen molar-refractivity contribution in [3.8, 4) is 17.2 Å². The molecular formula is C22H23NO5S. The Kier molecular flexibility index (Phi) is 6.49. The van der Waals surface area contributed by atoms with Crippen molar-refractivity contribution in [3.63, 3.8) is 0 Å². The predicted molar refractivity (Wildman–Crippen MR) is 115 cm³/mol. The lowest BCUT2D eigenvalue weighted by molar-refractivity contribution is -0.119. The second kappa shape index (κ2) is 9.05. The largest absolute Gasteiger partial charge is 0.494 e. The van der Waals surface area contributed by atoms with Gasteiger partial charge in [-0.2, -0.15) is 0 Å². The third-order valence-corrected chi connectivity index (χ3v) is 5.37. The number of rotatable bonds is 8. The van der Waals surface area contributed by atoms with Crippen LogP contribution >= 0.6 is 11.8 Å². The number of imide groups is 1. The molecule has 3 rings (SSSR count). The van der Waals surface area contributed by atoms with Crippen molar-refractivity contribution >= 4 is 34.8 Å². The first kappa shape index (κ1) is 20.8. The van der Waals surface area contributed by atoms with Gasteiger partial charge in [0.05, 0.1) is 37.0 Å². The maximum absolute atomic E-state index is 13.3. The van der Waals surface area contributed by atoms with Gasteiger partial charge in [-0.1, -0.05) is 19.1 Å². The summed E-state index contributed by atoms with van der Waals surface area (Å²) in [6, 6.07) is 12.2. The lowest BCUT2D eigenvalue weighted by Crippen LogP contribution is -2.31. The number of methoxy groups -OCH3 is 2. The summed E-state index contributed by atoms with van der Waals surface area (Å²) >= 11 is 1.36. The van der Waals surface area contributed by atoms with Gasteiger partial charge < -0.3 is 14.2 Å². The number of ether oxygens (including phenoxy) is 3. The maximum Gasteiger partial charge on any atom is 0.272 e. The van der Waals surface area contributed by atoms with Gasteiger partial charge >= 0.3 is 0 Å². The van der Waals surface area contributed by atoms with Crippen LogP contribution in [0, 0.1) is 0 Å². The zero-order valence-corrected chi connectivity index (χ0v) is 17.7. The normalized spacial score (nSPS) is 13.9. The van der Waals surface area contributed by atoms with Crippen LogP contribution in [0.4, 0.5) is 5.69 Å². The van der Waals surface area contributed by atoms with Crippen molar-refractivity contribution in [1.29, 1.82) is 0 Å². The van der Waals surface area contributed by atoms with Crippen molar-refractivity contribution in [2.75, 3.05) is 31.5 Å². The van der Waals surface area contributed by atoms with Gasteiger partial charge in [0.25, 0.3) is 11.8 Å². The average molecular weight is 413 g/mol. The Hall–Kier alpha value is -2.93. The number of carbonyl (C=O) groups is 2. The smallest absolute Gasteiger partial charge is 0.272 e. The Morgan fingerprint density at radius 3 is 2.17 bits per heavy atom. The summed E-state index contributed by atoms with van der Waals surface area (Å²) in [6.45, 7) is 4.42. The summed E-state index contributed by atoms with van der Waals surface area (Å²) in [6.07, 6.45) is 0. The van der Waals surface area contributed by atoms with Crippen LogP contribution in [0.2, 0.25) is 0 Å². The molecule has 2 amide bonds. The van der Waals surface area contributed by atoms with Crippen LogP contribution in [0.25, 0.3) is 5.57 Å². The minimum Gasteiger partial charge on any atom is -0.494 e. The lowest BCUT2D eigenvalue weighted by Gasteiger charge is -2.17. The second-order valence-electron chi connectivity index (χ2n) is 6.08. The van der Waals surface area contributed by atoms with Crippen LogP contribution in [-0.2, 0) is 9.59 Å². The van der Waals surface area contributed by atoms with Crippen molar-refractivity contribution < 1.29 is 23.8 Å². The molecule has 0 radical (unpaired) electrons. The molecule has 1 aliphatic heterocycles. The first-order chi connectivity index (χ1) is 14.0. The summed E-state index contributed by atoms with van der Waals surface area (Å²) < 4.78 is 16.0. The predicted octanol–water partition coefficient (Wildman–Crippen LogP) is 4.14. The Bertz CT molecular complexity index is 952. The highest BCUT2D eigenvalue weighted by Gasteiger charge is 2.40. The topological polar surface area (TPSA) is 65.1 Å². The molecule has 0 atom stereocenters. The standard InChI is InChI=1S/C22H23NO5S/c1-5-28-16-10-7-14(8-11-16)19-20(29-6-2)22(25)23(21(19)24)15-9-12-17(26-3)18(13-15)27-4/h7-13H,5-6H2,1-4H3. The molecule has 7 heteroatoms. The SMILES string of the molecule is CCOc1ccc(C2=C(SCC)C(=O)N(c3ccc(OC)c(OC)c3)C2=O)cc1. The van der Waals surface area contributed by atoms with Crippen LogP contribution in [0.1, 0.15) is 19.4 Å². The van der Waals surface area contributed by atoms with E-state index in [9.17, 15) is 9.59 Å². The molecule has 1 heterocycles. The van der Waals surface area contributed by atoms with E-state index in [0.29, 0.717) is 45.6 Å². The van der Waals surface area contributed by atoms with Crippen LogP contribution in [0.15, 0.2) is 47.4 Å². The van der Waals surface area contributed by atoms with Gasteiger partial charge in [-0.05, 0) is 42.5 Å². The summed E-state index contributed by atoms with van der Waals surface area (Å²) in [7, 11) is 3.04. The Morgan fingerprint density at radius 1 is 0.897 bits per heavy atom. The number of hydrogen-bond acceptors (Lipinski definition) is 6. The Labute approximate surface area is 174 Å². The van der Waals surface area contributed by atoms with E-state index in [4.69, 9.17) is 14.2 Å². The van der Waals surface area contributed by atoms with E-state index in [1.807, 2.05) is 13.8 Å². The van der Waals surface area contributed by atoms with E-state index in [2.05, 4.69) is 0 Å². The van der Waals surface area contributed by atoms with Crippen LogP contribution in [-0.4, -0.2) is 38.4 Å². The number of benzene rings is 2. The minimum absolute atomic E-state index is 0.335. The van der Waals surface area contributed by atoms with E-state index in [-0.39, 0.29) is 11.8 Å². The van der Waals surface area contributed by atoms with E-state index in [1.165, 1.54) is 30.9 Å². The highest BCUT2D eigenvalue weighted by molar-refractivity contribution is 8.04. The molecule has 29 heavy (non-hydrogen) atoms. The number of hydrogen-bond donors (Lipinski definition) is 0. The van der Waals surface area contributed by atoms with E-state index >= 15 is 0 Å². The van der Waals surface area contributed by atoms with Gasteiger partial charge in [0, 0.05) is 6.07 Å². The summed E-state index contributed by atoms with van der Waals surface area (Å²) in [5, 5.41) is 0. The molecule has 0 N–H and O–H groups in total. The first-order valence-electron chi connectivity index (χ1n) is 9.26. The molecule has 1 aliphatic rings. The molecule has 0 aromatic heterocycles. The molecule has 0 fully saturated rings. The monoisotopic (exact) mass is 413 g/mol. The molecule has 2 aromatic carbocycles. The number of anilines is 1. The third kappa shape index (κ3) is 3.96. The van der Waals surface area contributed by atoms with Crippen LogP contribution in [0.5, 0.6) is 17.2 Å². The van der Waals surface area contributed by atoms with Gasteiger partial charge in [-0.3, -0.25) is 9.59 Å². The van der Waals surface area contributed by atoms with Gasteiger partial charge in [-0.15, -0.1) is 11.8 Å². The van der Waals surface area contributed by atoms with E-state index in [0.717, 1.165) is 5.75 Å². The Morgan fingerprint density at radius 2 is 1.59 bits per heavy atom. The van der Waals surface area contributed by atoms with E-state index < -0.39 is 0 Å².